The van der Waals surface area contributed by atoms with E-state index in [1.807, 2.05) is 0 Å². The molecule has 0 aliphatic heterocycles. The lowest BCUT2D eigenvalue weighted by Crippen LogP contribution is -2.03. The highest BCUT2D eigenvalue weighted by Crippen LogP contribution is 2.44. The van der Waals surface area contributed by atoms with Gasteiger partial charge in [-0.3, -0.25) is 0 Å². The monoisotopic (exact) mass is 284 g/mol. The summed E-state index contributed by atoms with van der Waals surface area (Å²) in [5.74, 6) is 1.68. The zero-order chi connectivity index (χ0) is 11.4. The van der Waals surface area contributed by atoms with Gasteiger partial charge >= 0.3 is 0 Å². The van der Waals surface area contributed by atoms with E-state index < -0.39 is 0 Å². The van der Waals surface area contributed by atoms with Gasteiger partial charge in [-0.05, 0) is 0 Å². The van der Waals surface area contributed by atoms with Crippen molar-refractivity contribution in [3.63, 3.8) is 0 Å². The van der Waals surface area contributed by atoms with Gasteiger partial charge in [-0.15, -0.1) is 24.8 Å². The number of benzene rings is 1. The minimum Gasteiger partial charge on any atom is -0.494 e. The smallest absolute Gasteiger partial charge is 0.172 e. The summed E-state index contributed by atoms with van der Waals surface area (Å²) in [5, 5.41) is 2.97. The van der Waals surface area contributed by atoms with Gasteiger partial charge in [0, 0.05) is 13.1 Å². The molecule has 1 aromatic carbocycles. The summed E-state index contributed by atoms with van der Waals surface area (Å²) in [4.78, 5) is 0. The quantitative estimate of drug-likeness (QED) is 0.830. The molecule has 0 amide bonds. The Morgan fingerprint density at radius 2 is 1.53 bits per heavy atom. The molecule has 0 radical (unpaired) electrons. The summed E-state index contributed by atoms with van der Waals surface area (Å²) in [6.45, 7) is 0. The molecule has 1 rings (SSSR count). The molecule has 0 saturated carbocycles. The number of hydrogen-bond acceptors (Lipinski definition) is 5. The summed E-state index contributed by atoms with van der Waals surface area (Å²) >= 11 is 0. The molecule has 100 valence electrons. The number of ether oxygens (including phenoxy) is 3. The highest BCUT2D eigenvalue weighted by molar-refractivity contribution is 5.85. The van der Waals surface area contributed by atoms with E-state index in [4.69, 9.17) is 19.9 Å². The van der Waals surface area contributed by atoms with E-state index in [9.17, 15) is 0 Å². The summed E-state index contributed by atoms with van der Waals surface area (Å²) < 4.78 is 15.5. The number of hydrogen-bond donors (Lipinski definition) is 2. The number of halogens is 2. The van der Waals surface area contributed by atoms with Crippen LogP contribution in [0, 0.1) is 0 Å². The fourth-order valence-corrected chi connectivity index (χ4v) is 1.41. The van der Waals surface area contributed by atoms with Crippen molar-refractivity contribution in [2.24, 2.45) is 0 Å². The number of anilines is 2. The van der Waals surface area contributed by atoms with Crippen molar-refractivity contribution in [3.05, 3.63) is 6.07 Å². The standard InChI is InChI=1S/C10H16N2O3.2ClH/c1-12-9-7(14-3)5-6(13-2)8(11)10(9)15-4;;/h5,12H,11H2,1-4H3;2*1H. The van der Waals surface area contributed by atoms with Crippen LogP contribution in [0.15, 0.2) is 6.07 Å². The van der Waals surface area contributed by atoms with Gasteiger partial charge < -0.3 is 25.3 Å². The van der Waals surface area contributed by atoms with Crippen LogP contribution in [0.4, 0.5) is 11.4 Å². The van der Waals surface area contributed by atoms with E-state index in [2.05, 4.69) is 5.32 Å². The number of rotatable bonds is 4. The van der Waals surface area contributed by atoms with Crippen LogP contribution in [0.3, 0.4) is 0 Å². The molecule has 0 aromatic heterocycles. The van der Waals surface area contributed by atoms with Gasteiger partial charge in [-0.1, -0.05) is 0 Å². The first kappa shape index (κ1) is 18.2. The van der Waals surface area contributed by atoms with Gasteiger partial charge in [0.25, 0.3) is 0 Å². The summed E-state index contributed by atoms with van der Waals surface area (Å²) in [7, 11) is 6.44. The first-order valence-corrected chi connectivity index (χ1v) is 4.45. The fraction of sp³-hybridized carbons (Fsp3) is 0.400. The van der Waals surface area contributed by atoms with Gasteiger partial charge in [-0.25, -0.2) is 0 Å². The largest absolute Gasteiger partial charge is 0.494 e. The van der Waals surface area contributed by atoms with Crippen LogP contribution in [-0.2, 0) is 0 Å². The van der Waals surface area contributed by atoms with Gasteiger partial charge in [0.05, 0.1) is 21.3 Å². The van der Waals surface area contributed by atoms with Crippen LogP contribution in [0.2, 0.25) is 0 Å². The molecule has 7 heteroatoms. The maximum absolute atomic E-state index is 5.86. The molecule has 0 atom stereocenters. The Morgan fingerprint density at radius 1 is 1.00 bits per heavy atom. The predicted octanol–water partition coefficient (Wildman–Crippen LogP) is 2.18. The zero-order valence-corrected chi connectivity index (χ0v) is 11.8. The number of nitrogens with one attached hydrogen (secondary N) is 1. The average molecular weight is 285 g/mol. The van der Waals surface area contributed by atoms with Crippen LogP contribution in [0.5, 0.6) is 17.2 Å². The highest BCUT2D eigenvalue weighted by Gasteiger charge is 2.17. The molecule has 0 heterocycles. The van der Waals surface area contributed by atoms with Gasteiger partial charge in [0.1, 0.15) is 22.9 Å². The molecule has 0 bridgehead atoms. The molecular formula is C10H18Cl2N2O3. The van der Waals surface area contributed by atoms with Crippen molar-refractivity contribution in [1.82, 2.24) is 0 Å². The molecule has 0 spiro atoms. The van der Waals surface area contributed by atoms with Crippen molar-refractivity contribution in [2.75, 3.05) is 39.4 Å². The Hall–Kier alpha value is -1.20. The minimum absolute atomic E-state index is 0. The third-order valence-corrected chi connectivity index (χ3v) is 2.14. The lowest BCUT2D eigenvalue weighted by Gasteiger charge is -2.17. The number of methoxy groups -OCH3 is 3. The Labute approximate surface area is 113 Å². The fourth-order valence-electron chi connectivity index (χ4n) is 1.41. The maximum atomic E-state index is 5.86. The molecule has 0 fully saturated rings. The first-order valence-electron chi connectivity index (χ1n) is 4.45. The second-order valence-electron chi connectivity index (χ2n) is 2.85. The zero-order valence-electron chi connectivity index (χ0n) is 10.2. The van der Waals surface area contributed by atoms with E-state index in [1.54, 1.807) is 34.4 Å². The molecule has 0 aliphatic carbocycles. The van der Waals surface area contributed by atoms with E-state index in [0.29, 0.717) is 28.6 Å². The molecule has 5 nitrogen and oxygen atoms in total. The molecule has 1 aromatic rings. The molecular weight excluding hydrogens is 267 g/mol. The third-order valence-electron chi connectivity index (χ3n) is 2.14. The van der Waals surface area contributed by atoms with Gasteiger partial charge in [-0.2, -0.15) is 0 Å². The Kier molecular flexibility index (Phi) is 8.52. The topological polar surface area (TPSA) is 65.7 Å². The predicted molar refractivity (Wildman–Crippen MR) is 74.6 cm³/mol. The lowest BCUT2D eigenvalue weighted by molar-refractivity contribution is 0.381. The second-order valence-corrected chi connectivity index (χ2v) is 2.85. The van der Waals surface area contributed by atoms with Crippen molar-refractivity contribution in [2.45, 2.75) is 0 Å². The SMILES string of the molecule is CNc1c(OC)cc(OC)c(N)c1OC.Cl.Cl. The van der Waals surface area contributed by atoms with E-state index >= 15 is 0 Å². The summed E-state index contributed by atoms with van der Waals surface area (Å²) in [6, 6.07) is 1.71. The van der Waals surface area contributed by atoms with Crippen molar-refractivity contribution in [3.8, 4) is 17.2 Å². The van der Waals surface area contributed by atoms with Crippen LogP contribution in [0.25, 0.3) is 0 Å². The third kappa shape index (κ3) is 3.38. The van der Waals surface area contributed by atoms with Crippen molar-refractivity contribution >= 4 is 36.2 Å². The lowest BCUT2D eigenvalue weighted by atomic mass is 10.2. The van der Waals surface area contributed by atoms with Crippen LogP contribution in [-0.4, -0.2) is 28.4 Å². The van der Waals surface area contributed by atoms with E-state index in [1.165, 1.54) is 0 Å². The Balaban J connectivity index is 0. The minimum atomic E-state index is 0. The Morgan fingerprint density at radius 3 is 1.88 bits per heavy atom. The van der Waals surface area contributed by atoms with Crippen LogP contribution in [0.1, 0.15) is 0 Å². The number of nitrogens with two attached hydrogens (primary N) is 1. The Bertz CT molecular complexity index is 362. The number of nitrogen functional groups attached to an aromatic ring is 1. The van der Waals surface area contributed by atoms with E-state index in [-0.39, 0.29) is 24.8 Å². The highest BCUT2D eigenvalue weighted by atomic mass is 35.5. The summed E-state index contributed by atoms with van der Waals surface area (Å²) in [5.41, 5.74) is 7.01. The second kappa shape index (κ2) is 7.97. The first-order chi connectivity index (χ1) is 7.19. The van der Waals surface area contributed by atoms with Crippen LogP contribution < -0.4 is 25.3 Å². The van der Waals surface area contributed by atoms with Gasteiger partial charge in [0.15, 0.2) is 5.75 Å². The average Bonchev–Trinajstić information content (AvgIpc) is 2.28. The van der Waals surface area contributed by atoms with E-state index in [0.717, 1.165) is 0 Å². The molecule has 0 aliphatic rings. The molecule has 0 saturated heterocycles. The van der Waals surface area contributed by atoms with Gasteiger partial charge in [0.2, 0.25) is 0 Å². The summed E-state index contributed by atoms with van der Waals surface area (Å²) in [6.07, 6.45) is 0. The van der Waals surface area contributed by atoms with Crippen molar-refractivity contribution < 1.29 is 14.2 Å². The maximum Gasteiger partial charge on any atom is 0.172 e. The normalized spacial score (nSPS) is 8.47. The molecule has 17 heavy (non-hydrogen) atoms. The van der Waals surface area contributed by atoms with Crippen molar-refractivity contribution in [1.29, 1.82) is 0 Å². The van der Waals surface area contributed by atoms with Crippen LogP contribution >= 0.6 is 24.8 Å². The molecule has 3 N–H and O–H groups in total. The molecule has 0 unspecified atom stereocenters.